The Morgan fingerprint density at radius 2 is 2.04 bits per heavy atom. The van der Waals surface area contributed by atoms with E-state index in [0.29, 0.717) is 38.2 Å². The highest BCUT2D eigenvalue weighted by Crippen LogP contribution is 2.24. The molecule has 2 heterocycles. The Morgan fingerprint density at radius 1 is 1.29 bits per heavy atom. The van der Waals surface area contributed by atoms with E-state index in [-0.39, 0.29) is 17.9 Å². The van der Waals surface area contributed by atoms with Gasteiger partial charge in [0.05, 0.1) is 24.9 Å². The lowest BCUT2D eigenvalue weighted by Gasteiger charge is -2.27. The third-order valence-electron chi connectivity index (χ3n) is 4.61. The van der Waals surface area contributed by atoms with E-state index in [0.717, 1.165) is 23.5 Å². The molecule has 2 amide bonds. The van der Waals surface area contributed by atoms with Crippen LogP contribution in [0.25, 0.3) is 0 Å². The van der Waals surface area contributed by atoms with E-state index in [4.69, 9.17) is 4.74 Å². The molecule has 0 unspecified atom stereocenters. The SMILES string of the molecule is Cc1cc2n(n1)CCC(=O)N2Cc1ccc(C(=O)NCCCOC(C)C)cc1. The largest absolute Gasteiger partial charge is 0.379 e. The number of aromatic nitrogens is 2. The smallest absolute Gasteiger partial charge is 0.251 e. The van der Waals surface area contributed by atoms with E-state index in [2.05, 4.69) is 10.4 Å². The molecule has 0 atom stereocenters. The fraction of sp³-hybridized carbons (Fsp3) is 0.476. The summed E-state index contributed by atoms with van der Waals surface area (Å²) in [5.41, 5.74) is 2.49. The number of fused-ring (bicyclic) bond motifs is 1. The Labute approximate surface area is 165 Å². The maximum absolute atomic E-state index is 12.4. The van der Waals surface area contributed by atoms with Crippen LogP contribution >= 0.6 is 0 Å². The molecule has 1 aromatic carbocycles. The Morgan fingerprint density at radius 3 is 2.75 bits per heavy atom. The van der Waals surface area contributed by atoms with Crippen LogP contribution in [-0.2, 0) is 22.6 Å². The molecule has 1 aromatic heterocycles. The molecule has 0 fully saturated rings. The summed E-state index contributed by atoms with van der Waals surface area (Å²) in [6.07, 6.45) is 1.44. The predicted octanol–water partition coefficient (Wildman–Crippen LogP) is 2.67. The molecule has 2 aromatic rings. The molecule has 28 heavy (non-hydrogen) atoms. The zero-order chi connectivity index (χ0) is 20.1. The number of hydrogen-bond donors (Lipinski definition) is 1. The Hall–Kier alpha value is -2.67. The highest BCUT2D eigenvalue weighted by molar-refractivity contribution is 5.95. The van der Waals surface area contributed by atoms with E-state index >= 15 is 0 Å². The first kappa shape index (κ1) is 20.1. The number of carbonyl (C=O) groups is 2. The van der Waals surface area contributed by atoms with Crippen molar-refractivity contribution in [2.24, 2.45) is 0 Å². The van der Waals surface area contributed by atoms with Gasteiger partial charge in [0.25, 0.3) is 5.91 Å². The van der Waals surface area contributed by atoms with Crippen molar-refractivity contribution in [1.29, 1.82) is 0 Å². The van der Waals surface area contributed by atoms with Crippen molar-refractivity contribution in [3.63, 3.8) is 0 Å². The number of amides is 2. The van der Waals surface area contributed by atoms with Crippen LogP contribution in [0, 0.1) is 6.92 Å². The van der Waals surface area contributed by atoms with E-state index in [1.165, 1.54) is 0 Å². The third kappa shape index (κ3) is 4.98. The second-order valence-corrected chi connectivity index (χ2v) is 7.32. The minimum Gasteiger partial charge on any atom is -0.379 e. The molecular weight excluding hydrogens is 356 g/mol. The van der Waals surface area contributed by atoms with Gasteiger partial charge in [0, 0.05) is 31.2 Å². The number of rotatable bonds is 8. The van der Waals surface area contributed by atoms with Crippen molar-refractivity contribution < 1.29 is 14.3 Å². The zero-order valence-corrected chi connectivity index (χ0v) is 16.8. The topological polar surface area (TPSA) is 76.5 Å². The third-order valence-corrected chi connectivity index (χ3v) is 4.61. The van der Waals surface area contributed by atoms with Gasteiger partial charge in [-0.3, -0.25) is 14.5 Å². The Bertz CT molecular complexity index is 827. The number of nitrogens with one attached hydrogen (secondary N) is 1. The van der Waals surface area contributed by atoms with Gasteiger partial charge in [-0.05, 0) is 44.9 Å². The van der Waals surface area contributed by atoms with Crippen LogP contribution in [0.3, 0.4) is 0 Å². The quantitative estimate of drug-likeness (QED) is 0.710. The van der Waals surface area contributed by atoms with Crippen molar-refractivity contribution >= 4 is 17.6 Å². The lowest BCUT2D eigenvalue weighted by molar-refractivity contribution is -0.119. The molecule has 1 aliphatic rings. The zero-order valence-electron chi connectivity index (χ0n) is 16.8. The number of aryl methyl sites for hydroxylation is 2. The summed E-state index contributed by atoms with van der Waals surface area (Å²) in [6, 6.07) is 9.32. The molecule has 7 heteroatoms. The van der Waals surface area contributed by atoms with Gasteiger partial charge in [0.1, 0.15) is 5.82 Å². The highest BCUT2D eigenvalue weighted by Gasteiger charge is 2.25. The van der Waals surface area contributed by atoms with Gasteiger partial charge in [-0.1, -0.05) is 12.1 Å². The first-order valence-electron chi connectivity index (χ1n) is 9.77. The maximum Gasteiger partial charge on any atom is 0.251 e. The molecule has 0 bridgehead atoms. The van der Waals surface area contributed by atoms with Crippen LogP contribution in [0.2, 0.25) is 0 Å². The highest BCUT2D eigenvalue weighted by atomic mass is 16.5. The number of nitrogens with zero attached hydrogens (tertiary/aromatic N) is 3. The van der Waals surface area contributed by atoms with E-state index in [9.17, 15) is 9.59 Å². The summed E-state index contributed by atoms with van der Waals surface area (Å²) >= 11 is 0. The van der Waals surface area contributed by atoms with Gasteiger partial charge >= 0.3 is 0 Å². The normalized spacial score (nSPS) is 13.7. The van der Waals surface area contributed by atoms with E-state index in [1.807, 2.05) is 43.7 Å². The molecule has 3 rings (SSSR count). The Kier molecular flexibility index (Phi) is 6.46. The first-order chi connectivity index (χ1) is 13.4. The molecule has 0 saturated heterocycles. The number of ether oxygens (including phenoxy) is 1. The molecular formula is C21H28N4O3. The average Bonchev–Trinajstić information content (AvgIpc) is 3.04. The van der Waals surface area contributed by atoms with Crippen LogP contribution in [0.1, 0.15) is 48.3 Å². The molecule has 0 aliphatic carbocycles. The molecule has 0 spiro atoms. The fourth-order valence-corrected chi connectivity index (χ4v) is 3.19. The number of anilines is 1. The van der Waals surface area contributed by atoms with Crippen LogP contribution in [-0.4, -0.2) is 40.9 Å². The number of benzene rings is 1. The van der Waals surface area contributed by atoms with Crippen molar-refractivity contribution in [2.75, 3.05) is 18.1 Å². The average molecular weight is 384 g/mol. The summed E-state index contributed by atoms with van der Waals surface area (Å²) in [4.78, 5) is 26.4. The number of hydrogen-bond acceptors (Lipinski definition) is 4. The van der Waals surface area contributed by atoms with Gasteiger partial charge in [-0.25, -0.2) is 4.68 Å². The molecule has 0 saturated carbocycles. The summed E-state index contributed by atoms with van der Waals surface area (Å²) < 4.78 is 7.34. The predicted molar refractivity (Wildman–Crippen MR) is 107 cm³/mol. The molecule has 1 N–H and O–H groups in total. The standard InChI is InChI=1S/C21H28N4O3/c1-15(2)28-12-4-10-22-21(27)18-7-5-17(6-8-18)14-24-19-13-16(3)23-25(19)11-9-20(24)26/h5-8,13,15H,4,9-12,14H2,1-3H3,(H,22,27). The minimum atomic E-state index is -0.0983. The Balaban J connectivity index is 1.56. The van der Waals surface area contributed by atoms with Crippen LogP contribution in [0.4, 0.5) is 5.82 Å². The minimum absolute atomic E-state index is 0.0952. The molecule has 0 radical (unpaired) electrons. The molecule has 150 valence electrons. The van der Waals surface area contributed by atoms with Gasteiger partial charge in [0.15, 0.2) is 0 Å². The summed E-state index contributed by atoms with van der Waals surface area (Å²) in [5.74, 6) is 0.830. The number of carbonyl (C=O) groups excluding carboxylic acids is 2. The fourth-order valence-electron chi connectivity index (χ4n) is 3.19. The van der Waals surface area contributed by atoms with Crippen LogP contribution < -0.4 is 10.2 Å². The van der Waals surface area contributed by atoms with Crippen LogP contribution in [0.5, 0.6) is 0 Å². The second-order valence-electron chi connectivity index (χ2n) is 7.32. The summed E-state index contributed by atoms with van der Waals surface area (Å²) in [7, 11) is 0. The maximum atomic E-state index is 12.4. The molecule has 1 aliphatic heterocycles. The molecule has 7 nitrogen and oxygen atoms in total. The van der Waals surface area contributed by atoms with Crippen molar-refractivity contribution in [1.82, 2.24) is 15.1 Å². The van der Waals surface area contributed by atoms with Crippen molar-refractivity contribution in [3.8, 4) is 0 Å². The monoisotopic (exact) mass is 384 g/mol. The van der Waals surface area contributed by atoms with Crippen molar-refractivity contribution in [3.05, 3.63) is 47.2 Å². The van der Waals surface area contributed by atoms with Gasteiger partial charge < -0.3 is 10.1 Å². The van der Waals surface area contributed by atoms with Crippen molar-refractivity contribution in [2.45, 2.75) is 52.8 Å². The lowest BCUT2D eigenvalue weighted by Crippen LogP contribution is -2.36. The summed E-state index contributed by atoms with van der Waals surface area (Å²) in [5, 5.41) is 7.33. The lowest BCUT2D eigenvalue weighted by atomic mass is 10.1. The van der Waals surface area contributed by atoms with E-state index < -0.39 is 0 Å². The van der Waals surface area contributed by atoms with Gasteiger partial charge in [-0.2, -0.15) is 5.10 Å². The summed E-state index contributed by atoms with van der Waals surface area (Å²) in [6.45, 7) is 8.23. The first-order valence-corrected chi connectivity index (χ1v) is 9.77. The van der Waals surface area contributed by atoms with Gasteiger partial charge in [0.2, 0.25) is 5.91 Å². The van der Waals surface area contributed by atoms with Gasteiger partial charge in [-0.15, -0.1) is 0 Å². The van der Waals surface area contributed by atoms with Crippen LogP contribution in [0.15, 0.2) is 30.3 Å². The van der Waals surface area contributed by atoms with E-state index in [1.54, 1.807) is 17.0 Å². The second kappa shape index (κ2) is 9.01.